The number of aryl methyl sites for hydroxylation is 2. The second kappa shape index (κ2) is 5.47. The number of rotatable bonds is 2. The third-order valence-electron chi connectivity index (χ3n) is 3.26. The molecule has 0 spiro atoms. The Morgan fingerprint density at radius 3 is 1.50 bits per heavy atom. The third-order valence-corrected chi connectivity index (χ3v) is 5.82. The van der Waals surface area contributed by atoms with Gasteiger partial charge in [-0.1, -0.05) is 12.1 Å². The lowest BCUT2D eigenvalue weighted by Gasteiger charge is -2.04. The Bertz CT molecular complexity index is 708. The molecule has 0 atom stereocenters. The molecule has 0 saturated heterocycles. The summed E-state index contributed by atoms with van der Waals surface area (Å²) in [4.78, 5) is 0. The zero-order valence-corrected chi connectivity index (χ0v) is 15.5. The number of hydrogen-bond donors (Lipinski definition) is 0. The molecule has 2 aromatic heterocycles. The summed E-state index contributed by atoms with van der Waals surface area (Å²) in [6, 6.07) is 8.44. The topological polar surface area (TPSA) is 17.6 Å². The van der Waals surface area contributed by atoms with Crippen molar-refractivity contribution in [3.63, 3.8) is 0 Å². The van der Waals surface area contributed by atoms with Gasteiger partial charge in [0.05, 0.1) is 59.3 Å². The third kappa shape index (κ3) is 2.28. The fourth-order valence-electron chi connectivity index (χ4n) is 2.15. The molecule has 102 valence electrons. The summed E-state index contributed by atoms with van der Waals surface area (Å²) in [6.07, 6.45) is 8.33. The van der Waals surface area contributed by atoms with Crippen molar-refractivity contribution in [1.29, 1.82) is 0 Å². The summed E-state index contributed by atoms with van der Waals surface area (Å²) in [5, 5.41) is 0. The van der Waals surface area contributed by atoms with Crippen molar-refractivity contribution in [3.05, 3.63) is 56.7 Å². The quantitative estimate of drug-likeness (QED) is 0.386. The molecular weight excluding hydrogens is 478 g/mol. The maximum Gasteiger partial charge on any atom is 0.322 e. The average Bonchev–Trinajstić information content (AvgIpc) is 2.95. The van der Waals surface area contributed by atoms with E-state index in [2.05, 4.69) is 127 Å². The van der Waals surface area contributed by atoms with Gasteiger partial charge in [0.1, 0.15) is 24.8 Å². The van der Waals surface area contributed by atoms with Gasteiger partial charge < -0.3 is 0 Å². The van der Waals surface area contributed by atoms with Crippen LogP contribution in [0.2, 0.25) is 0 Å². The minimum atomic E-state index is 1.17. The highest BCUT2D eigenvalue weighted by Gasteiger charge is 2.22. The van der Waals surface area contributed by atoms with Crippen LogP contribution in [0.1, 0.15) is 0 Å². The lowest BCUT2D eigenvalue weighted by Crippen LogP contribution is -2.30. The molecule has 3 aromatic rings. The first-order valence-corrected chi connectivity index (χ1v) is 8.30. The van der Waals surface area contributed by atoms with Gasteiger partial charge in [-0.25, -0.2) is 9.13 Å². The van der Waals surface area contributed by atoms with Gasteiger partial charge in [-0.2, -0.15) is 9.13 Å². The molecule has 0 fully saturated rings. The second-order valence-corrected chi connectivity index (χ2v) is 6.51. The fourth-order valence-corrected chi connectivity index (χ4v) is 3.31. The van der Waals surface area contributed by atoms with Crippen molar-refractivity contribution in [3.8, 4) is 11.4 Å². The molecule has 3 rings (SSSR count). The first kappa shape index (κ1) is 14.1. The SMILES string of the molecule is C[n+]1ccn(-c2ccccc2-n2cc[n+](C)c2I)c1I. The number of benzene rings is 1. The van der Waals surface area contributed by atoms with Gasteiger partial charge in [0.25, 0.3) is 0 Å². The first-order chi connectivity index (χ1) is 9.59. The standard InChI is InChI=1S/C14H14I2N4/c1-17-7-9-19(13(17)15)11-5-3-4-6-12(11)20-10-8-18(2)14(20)16/h3-10H,1-2H3/q+2. The van der Waals surface area contributed by atoms with Crippen molar-refractivity contribution in [2.24, 2.45) is 14.1 Å². The summed E-state index contributed by atoms with van der Waals surface area (Å²) in [5.41, 5.74) is 2.35. The molecule has 4 nitrogen and oxygen atoms in total. The Kier molecular flexibility index (Phi) is 3.85. The second-order valence-electron chi connectivity index (χ2n) is 4.58. The van der Waals surface area contributed by atoms with Crippen LogP contribution in [0.5, 0.6) is 0 Å². The number of aromatic nitrogens is 4. The van der Waals surface area contributed by atoms with E-state index in [-0.39, 0.29) is 0 Å². The maximum atomic E-state index is 2.36. The van der Waals surface area contributed by atoms with Gasteiger partial charge in [-0.3, -0.25) is 0 Å². The molecule has 0 aliphatic heterocycles. The van der Waals surface area contributed by atoms with E-state index < -0.39 is 0 Å². The maximum absolute atomic E-state index is 2.36. The van der Waals surface area contributed by atoms with Crippen molar-refractivity contribution >= 4 is 45.2 Å². The molecule has 0 bridgehead atoms. The van der Waals surface area contributed by atoms with E-state index in [4.69, 9.17) is 0 Å². The normalized spacial score (nSPS) is 11.0. The smallest absolute Gasteiger partial charge is 0.228 e. The van der Waals surface area contributed by atoms with Gasteiger partial charge in [0, 0.05) is 0 Å². The van der Waals surface area contributed by atoms with Crippen LogP contribution in [-0.2, 0) is 14.1 Å². The van der Waals surface area contributed by atoms with E-state index >= 15 is 0 Å². The van der Waals surface area contributed by atoms with E-state index in [0.717, 1.165) is 0 Å². The first-order valence-electron chi connectivity index (χ1n) is 6.14. The van der Waals surface area contributed by atoms with Crippen LogP contribution < -0.4 is 9.13 Å². The summed E-state index contributed by atoms with van der Waals surface area (Å²) in [7, 11) is 4.11. The Morgan fingerprint density at radius 2 is 1.20 bits per heavy atom. The highest BCUT2D eigenvalue weighted by atomic mass is 127. The Hall–Kier alpha value is -0.900. The summed E-state index contributed by atoms with van der Waals surface area (Å²) < 4.78 is 11.0. The van der Waals surface area contributed by atoms with Gasteiger partial charge >= 0.3 is 7.66 Å². The molecule has 0 amide bonds. The van der Waals surface area contributed by atoms with Gasteiger partial charge in [0.15, 0.2) is 11.4 Å². The predicted molar refractivity (Wildman–Crippen MR) is 92.9 cm³/mol. The minimum absolute atomic E-state index is 1.17. The van der Waals surface area contributed by atoms with Crippen molar-refractivity contribution in [2.45, 2.75) is 0 Å². The number of para-hydroxylation sites is 2. The van der Waals surface area contributed by atoms with E-state index in [1.165, 1.54) is 19.0 Å². The van der Waals surface area contributed by atoms with Crippen LogP contribution in [0.3, 0.4) is 0 Å². The zero-order chi connectivity index (χ0) is 14.3. The molecule has 1 aromatic carbocycles. The van der Waals surface area contributed by atoms with Crippen LogP contribution in [0.15, 0.2) is 49.1 Å². The van der Waals surface area contributed by atoms with E-state index in [0.29, 0.717) is 0 Å². The highest BCUT2D eigenvalue weighted by molar-refractivity contribution is 14.1. The van der Waals surface area contributed by atoms with E-state index in [1.807, 2.05) is 0 Å². The summed E-state index contributed by atoms with van der Waals surface area (Å²) >= 11 is 4.73. The van der Waals surface area contributed by atoms with Crippen molar-refractivity contribution < 1.29 is 9.13 Å². The number of imidazole rings is 2. The van der Waals surface area contributed by atoms with Crippen LogP contribution >= 0.6 is 45.2 Å². The number of hydrogen-bond acceptors (Lipinski definition) is 0. The molecule has 0 radical (unpaired) electrons. The van der Waals surface area contributed by atoms with E-state index in [9.17, 15) is 0 Å². The molecule has 0 unspecified atom stereocenters. The minimum Gasteiger partial charge on any atom is -0.228 e. The molecule has 20 heavy (non-hydrogen) atoms. The Balaban J connectivity index is 2.24. The number of halogens is 2. The molecule has 0 saturated carbocycles. The summed E-state index contributed by atoms with van der Waals surface area (Å²) in [6.45, 7) is 0. The Labute approximate surface area is 144 Å². The molecule has 0 aliphatic carbocycles. The van der Waals surface area contributed by atoms with Gasteiger partial charge in [0.2, 0.25) is 0 Å². The molecule has 0 N–H and O–H groups in total. The van der Waals surface area contributed by atoms with Crippen LogP contribution in [0, 0.1) is 7.66 Å². The monoisotopic (exact) mass is 492 g/mol. The lowest BCUT2D eigenvalue weighted by molar-refractivity contribution is -0.683. The van der Waals surface area contributed by atoms with Gasteiger partial charge in [-0.05, 0) is 12.1 Å². The van der Waals surface area contributed by atoms with E-state index in [1.54, 1.807) is 0 Å². The average molecular weight is 492 g/mol. The number of nitrogens with zero attached hydrogens (tertiary/aromatic N) is 4. The lowest BCUT2D eigenvalue weighted by atomic mass is 10.2. The summed E-state index contributed by atoms with van der Waals surface area (Å²) in [5.74, 6) is 0. The highest BCUT2D eigenvalue weighted by Crippen LogP contribution is 2.21. The van der Waals surface area contributed by atoms with Gasteiger partial charge in [-0.15, -0.1) is 0 Å². The molecular formula is C14H14I2N4+2. The van der Waals surface area contributed by atoms with Crippen molar-refractivity contribution in [1.82, 2.24) is 9.13 Å². The molecule has 2 heterocycles. The Morgan fingerprint density at radius 1 is 0.800 bits per heavy atom. The zero-order valence-electron chi connectivity index (χ0n) is 11.2. The largest absolute Gasteiger partial charge is 0.322 e. The predicted octanol–water partition coefficient (Wildman–Crippen LogP) is 2.13. The fraction of sp³-hybridized carbons (Fsp3) is 0.143. The van der Waals surface area contributed by atoms with Crippen molar-refractivity contribution in [2.75, 3.05) is 0 Å². The van der Waals surface area contributed by atoms with Crippen LogP contribution in [0.4, 0.5) is 0 Å². The van der Waals surface area contributed by atoms with Crippen LogP contribution in [0.25, 0.3) is 11.4 Å². The molecule has 6 heteroatoms. The molecule has 0 aliphatic rings. The van der Waals surface area contributed by atoms with Crippen LogP contribution in [-0.4, -0.2) is 9.13 Å².